The number of halogens is 4. The van der Waals surface area contributed by atoms with E-state index in [0.717, 1.165) is 12.1 Å². The molecule has 2 aromatic rings. The maximum atomic E-state index is 12.7. The van der Waals surface area contributed by atoms with Gasteiger partial charge in [0.2, 0.25) is 0 Å². The van der Waals surface area contributed by atoms with Gasteiger partial charge in [0, 0.05) is 11.3 Å². The first-order valence-electron chi connectivity index (χ1n) is 6.72. The molecule has 2 aromatic carbocycles. The second kappa shape index (κ2) is 6.91. The summed E-state index contributed by atoms with van der Waals surface area (Å²) in [5.41, 5.74) is -0.564. The van der Waals surface area contributed by atoms with Gasteiger partial charge in [0.15, 0.2) is 0 Å². The van der Waals surface area contributed by atoms with Crippen molar-refractivity contribution in [3.05, 3.63) is 58.6 Å². The molecule has 0 aliphatic heterocycles. The first-order chi connectivity index (χ1) is 10.8. The molecule has 122 valence electrons. The SMILES string of the molecule is CCOc1ccc(C(=O)Nc2cccc(C(F)(F)F)c2)cc1Cl. The summed E-state index contributed by atoms with van der Waals surface area (Å²) in [6.07, 6.45) is -4.47. The predicted octanol–water partition coefficient (Wildman–Crippen LogP) is 5.01. The monoisotopic (exact) mass is 343 g/mol. The smallest absolute Gasteiger partial charge is 0.416 e. The molecular formula is C16H13ClF3NO2. The van der Waals surface area contributed by atoms with Gasteiger partial charge >= 0.3 is 6.18 Å². The largest absolute Gasteiger partial charge is 0.492 e. The highest BCUT2D eigenvalue weighted by molar-refractivity contribution is 6.32. The summed E-state index contributed by atoms with van der Waals surface area (Å²) in [5, 5.41) is 2.66. The van der Waals surface area contributed by atoms with Gasteiger partial charge in [0.05, 0.1) is 17.2 Å². The number of hydrogen-bond acceptors (Lipinski definition) is 2. The molecule has 3 nitrogen and oxygen atoms in total. The van der Waals surface area contributed by atoms with E-state index in [4.69, 9.17) is 16.3 Å². The summed E-state index contributed by atoms with van der Waals surface area (Å²) in [5.74, 6) is -0.126. The van der Waals surface area contributed by atoms with Gasteiger partial charge in [-0.1, -0.05) is 17.7 Å². The lowest BCUT2D eigenvalue weighted by molar-refractivity contribution is -0.137. The van der Waals surface area contributed by atoms with Crippen LogP contribution in [0.1, 0.15) is 22.8 Å². The second-order valence-corrected chi connectivity index (χ2v) is 5.02. The average Bonchev–Trinajstić information content (AvgIpc) is 2.49. The number of nitrogens with one attached hydrogen (secondary N) is 1. The lowest BCUT2D eigenvalue weighted by Gasteiger charge is -2.11. The van der Waals surface area contributed by atoms with E-state index in [2.05, 4.69) is 5.32 Å². The van der Waals surface area contributed by atoms with Crippen LogP contribution in [0.2, 0.25) is 5.02 Å². The average molecular weight is 344 g/mol. The third-order valence-corrected chi connectivity index (χ3v) is 3.24. The van der Waals surface area contributed by atoms with Gasteiger partial charge in [0.1, 0.15) is 5.75 Å². The minimum absolute atomic E-state index is 0.0508. The molecule has 23 heavy (non-hydrogen) atoms. The number of anilines is 1. The number of amides is 1. The second-order valence-electron chi connectivity index (χ2n) is 4.61. The van der Waals surface area contributed by atoms with Crippen LogP contribution in [-0.2, 0) is 6.18 Å². The van der Waals surface area contributed by atoms with E-state index in [0.29, 0.717) is 12.4 Å². The van der Waals surface area contributed by atoms with Gasteiger partial charge in [0.25, 0.3) is 5.91 Å². The zero-order valence-electron chi connectivity index (χ0n) is 12.1. The Kier molecular flexibility index (Phi) is 5.15. The van der Waals surface area contributed by atoms with Gasteiger partial charge in [-0.15, -0.1) is 0 Å². The minimum atomic E-state index is -4.47. The van der Waals surface area contributed by atoms with Crippen LogP contribution < -0.4 is 10.1 Å². The third-order valence-electron chi connectivity index (χ3n) is 2.94. The van der Waals surface area contributed by atoms with Crippen molar-refractivity contribution < 1.29 is 22.7 Å². The molecule has 0 unspecified atom stereocenters. The van der Waals surface area contributed by atoms with Crippen LogP contribution in [0.4, 0.5) is 18.9 Å². The minimum Gasteiger partial charge on any atom is -0.492 e. The Morgan fingerprint density at radius 1 is 1.22 bits per heavy atom. The molecule has 0 saturated heterocycles. The fraction of sp³-hybridized carbons (Fsp3) is 0.188. The van der Waals surface area contributed by atoms with Crippen molar-refractivity contribution in [2.75, 3.05) is 11.9 Å². The third kappa shape index (κ3) is 4.39. The maximum Gasteiger partial charge on any atom is 0.416 e. The van der Waals surface area contributed by atoms with Gasteiger partial charge in [-0.05, 0) is 43.3 Å². The van der Waals surface area contributed by atoms with Gasteiger partial charge < -0.3 is 10.1 Å². The molecule has 1 N–H and O–H groups in total. The highest BCUT2D eigenvalue weighted by Gasteiger charge is 2.30. The van der Waals surface area contributed by atoms with Crippen molar-refractivity contribution in [2.45, 2.75) is 13.1 Å². The van der Waals surface area contributed by atoms with Gasteiger partial charge in [-0.3, -0.25) is 4.79 Å². The summed E-state index contributed by atoms with van der Waals surface area (Å²) in [4.78, 5) is 12.1. The number of hydrogen-bond donors (Lipinski definition) is 1. The Labute approximate surface area is 136 Å². The van der Waals surface area contributed by atoms with Crippen molar-refractivity contribution in [3.8, 4) is 5.75 Å². The lowest BCUT2D eigenvalue weighted by atomic mass is 10.1. The Morgan fingerprint density at radius 3 is 2.57 bits per heavy atom. The van der Waals surface area contributed by atoms with Crippen molar-refractivity contribution in [3.63, 3.8) is 0 Å². The summed E-state index contributed by atoms with van der Waals surface area (Å²) < 4.78 is 43.2. The first kappa shape index (κ1) is 17.1. The fourth-order valence-corrected chi connectivity index (χ4v) is 2.13. The number of carbonyl (C=O) groups excluding carboxylic acids is 1. The molecule has 0 heterocycles. The molecule has 2 rings (SSSR count). The Bertz CT molecular complexity index is 717. The predicted molar refractivity (Wildman–Crippen MR) is 82.0 cm³/mol. The van der Waals surface area contributed by atoms with Crippen LogP contribution in [0.3, 0.4) is 0 Å². The summed E-state index contributed by atoms with van der Waals surface area (Å²) in [6, 6.07) is 8.83. The van der Waals surface area contributed by atoms with Crippen LogP contribution in [0.25, 0.3) is 0 Å². The van der Waals surface area contributed by atoms with Crippen molar-refractivity contribution in [2.24, 2.45) is 0 Å². The van der Waals surface area contributed by atoms with E-state index >= 15 is 0 Å². The van der Waals surface area contributed by atoms with E-state index in [1.807, 2.05) is 0 Å². The summed E-state index contributed by atoms with van der Waals surface area (Å²) >= 11 is 5.99. The maximum absolute atomic E-state index is 12.7. The molecule has 0 saturated carbocycles. The van der Waals surface area contributed by atoms with Crippen LogP contribution in [0, 0.1) is 0 Å². The lowest BCUT2D eigenvalue weighted by Crippen LogP contribution is -2.13. The molecule has 0 aliphatic rings. The van der Waals surface area contributed by atoms with Crippen molar-refractivity contribution in [1.82, 2.24) is 0 Å². The highest BCUT2D eigenvalue weighted by Crippen LogP contribution is 2.31. The molecule has 0 spiro atoms. The molecule has 0 aliphatic carbocycles. The molecule has 7 heteroatoms. The number of carbonyl (C=O) groups is 1. The fourth-order valence-electron chi connectivity index (χ4n) is 1.89. The first-order valence-corrected chi connectivity index (χ1v) is 7.10. The van der Waals surface area contributed by atoms with Crippen molar-refractivity contribution in [1.29, 1.82) is 0 Å². The molecular weight excluding hydrogens is 331 g/mol. The van der Waals surface area contributed by atoms with Crippen LogP contribution in [-0.4, -0.2) is 12.5 Å². The number of rotatable bonds is 4. The van der Waals surface area contributed by atoms with Crippen molar-refractivity contribution >= 4 is 23.2 Å². The van der Waals surface area contributed by atoms with Crippen LogP contribution in [0.5, 0.6) is 5.75 Å². The highest BCUT2D eigenvalue weighted by atomic mass is 35.5. The van der Waals surface area contributed by atoms with Gasteiger partial charge in [-0.25, -0.2) is 0 Å². The molecule has 0 bridgehead atoms. The molecule has 0 atom stereocenters. The quantitative estimate of drug-likeness (QED) is 0.847. The normalized spacial score (nSPS) is 11.2. The number of benzene rings is 2. The molecule has 0 aromatic heterocycles. The Hall–Kier alpha value is -2.21. The van der Waals surface area contributed by atoms with E-state index in [-0.39, 0.29) is 16.3 Å². The standard InChI is InChI=1S/C16H13ClF3NO2/c1-2-23-14-7-6-10(8-13(14)17)15(22)21-12-5-3-4-11(9-12)16(18,19)20/h3-9H,2H2,1H3,(H,21,22). The number of ether oxygens (including phenoxy) is 1. The van der Waals surface area contributed by atoms with E-state index in [1.54, 1.807) is 6.92 Å². The Morgan fingerprint density at radius 2 is 1.96 bits per heavy atom. The topological polar surface area (TPSA) is 38.3 Å². The molecule has 1 amide bonds. The number of alkyl halides is 3. The van der Waals surface area contributed by atoms with Crippen LogP contribution in [0.15, 0.2) is 42.5 Å². The molecule has 0 fully saturated rings. The van der Waals surface area contributed by atoms with E-state index in [1.165, 1.54) is 30.3 Å². The Balaban J connectivity index is 2.18. The summed E-state index contributed by atoms with van der Waals surface area (Å²) in [6.45, 7) is 2.22. The van der Waals surface area contributed by atoms with E-state index < -0.39 is 17.6 Å². The zero-order chi connectivity index (χ0) is 17.0. The zero-order valence-corrected chi connectivity index (χ0v) is 12.8. The van der Waals surface area contributed by atoms with Gasteiger partial charge in [-0.2, -0.15) is 13.2 Å². The van der Waals surface area contributed by atoms with E-state index in [9.17, 15) is 18.0 Å². The summed E-state index contributed by atoms with van der Waals surface area (Å²) in [7, 11) is 0. The molecule has 0 radical (unpaired) electrons. The van der Waals surface area contributed by atoms with Crippen LogP contribution >= 0.6 is 11.6 Å².